The van der Waals surface area contributed by atoms with Crippen molar-refractivity contribution in [3.05, 3.63) is 59.7 Å². The molecule has 0 saturated carbocycles. The van der Waals surface area contributed by atoms with Gasteiger partial charge in [-0.2, -0.15) is 0 Å². The molecule has 3 aliphatic heterocycles. The molecular weight excluding hydrogens is 541 g/mol. The summed E-state index contributed by atoms with van der Waals surface area (Å²) in [7, 11) is 0. The maximum Gasteiger partial charge on any atom is 0.248 e. The molecule has 0 radical (unpaired) electrons. The van der Waals surface area contributed by atoms with E-state index >= 15 is 0 Å². The van der Waals surface area contributed by atoms with Crippen molar-refractivity contribution in [3.63, 3.8) is 0 Å². The Hall–Kier alpha value is -3.35. The van der Waals surface area contributed by atoms with E-state index in [9.17, 15) is 9.18 Å². The molecule has 0 bridgehead atoms. The van der Waals surface area contributed by atoms with Crippen molar-refractivity contribution in [2.24, 2.45) is 0 Å². The van der Waals surface area contributed by atoms with Gasteiger partial charge in [0.25, 0.3) is 0 Å². The van der Waals surface area contributed by atoms with Gasteiger partial charge in [-0.25, -0.2) is 14.4 Å². The minimum absolute atomic E-state index is 0.00897. The molecule has 210 valence electrons. The number of fused-ring (bicyclic) bond motifs is 2. The fourth-order valence-electron chi connectivity index (χ4n) is 5.04. The number of rotatable bonds is 8. The van der Waals surface area contributed by atoms with E-state index in [1.807, 2.05) is 6.08 Å². The molecule has 3 aromatic rings. The van der Waals surface area contributed by atoms with Crippen molar-refractivity contribution in [2.75, 3.05) is 56.7 Å². The van der Waals surface area contributed by atoms with Crippen LogP contribution in [0.1, 0.15) is 6.42 Å². The maximum absolute atomic E-state index is 13.7. The van der Waals surface area contributed by atoms with Crippen LogP contribution in [0.15, 0.2) is 48.8 Å². The molecular formula is C28H29ClFN5O5. The second-order valence-electron chi connectivity index (χ2n) is 9.87. The van der Waals surface area contributed by atoms with Crippen LogP contribution in [0.4, 0.5) is 21.6 Å². The minimum atomic E-state index is -0.514. The van der Waals surface area contributed by atoms with E-state index in [-0.39, 0.29) is 29.2 Å². The summed E-state index contributed by atoms with van der Waals surface area (Å²) in [6.45, 7) is 4.49. The number of hydrogen-bond donors (Lipinski definition) is 2. The lowest BCUT2D eigenvalue weighted by Crippen LogP contribution is -2.36. The number of nitrogens with one attached hydrogen (secondary N) is 2. The summed E-state index contributed by atoms with van der Waals surface area (Å²) < 4.78 is 36.9. The zero-order valence-electron chi connectivity index (χ0n) is 21.6. The number of carbonyl (C=O) groups excluding carboxylic acids is 1. The zero-order valence-corrected chi connectivity index (χ0v) is 22.4. The van der Waals surface area contributed by atoms with Crippen LogP contribution in [0.3, 0.4) is 0 Å². The predicted molar refractivity (Wildman–Crippen MR) is 148 cm³/mol. The average Bonchev–Trinajstić information content (AvgIpc) is 3.61. The fraction of sp³-hybridized carbons (Fsp3) is 0.393. The second kappa shape index (κ2) is 12.0. The van der Waals surface area contributed by atoms with Gasteiger partial charge in [0.15, 0.2) is 0 Å². The Morgan fingerprint density at radius 2 is 1.98 bits per heavy atom. The van der Waals surface area contributed by atoms with Crippen LogP contribution in [-0.2, 0) is 19.0 Å². The molecule has 2 aromatic carbocycles. The average molecular weight is 570 g/mol. The molecule has 12 heteroatoms. The fourth-order valence-corrected chi connectivity index (χ4v) is 5.23. The molecule has 3 aliphatic rings. The van der Waals surface area contributed by atoms with Gasteiger partial charge < -0.3 is 29.6 Å². The van der Waals surface area contributed by atoms with Gasteiger partial charge in [-0.05, 0) is 24.3 Å². The number of ether oxygens (including phenoxy) is 4. The number of amides is 1. The minimum Gasteiger partial charge on any atom is -0.486 e. The molecule has 3 fully saturated rings. The van der Waals surface area contributed by atoms with E-state index in [0.717, 1.165) is 19.5 Å². The largest absolute Gasteiger partial charge is 0.486 e. The first-order chi connectivity index (χ1) is 19.5. The van der Waals surface area contributed by atoms with E-state index in [0.29, 0.717) is 66.8 Å². The molecule has 1 unspecified atom stereocenters. The van der Waals surface area contributed by atoms with Crippen molar-refractivity contribution in [3.8, 4) is 5.75 Å². The van der Waals surface area contributed by atoms with Crippen LogP contribution >= 0.6 is 11.6 Å². The number of benzene rings is 2. The Bertz CT molecular complexity index is 1410. The lowest BCUT2D eigenvalue weighted by Gasteiger charge is -2.24. The smallest absolute Gasteiger partial charge is 0.248 e. The van der Waals surface area contributed by atoms with Gasteiger partial charge in [-0.15, -0.1) is 0 Å². The van der Waals surface area contributed by atoms with Gasteiger partial charge in [-0.3, -0.25) is 9.69 Å². The third-order valence-corrected chi connectivity index (χ3v) is 7.32. The lowest BCUT2D eigenvalue weighted by molar-refractivity contribution is -0.116. The number of carbonyl (C=O) groups is 1. The van der Waals surface area contributed by atoms with E-state index in [4.69, 9.17) is 30.5 Å². The highest BCUT2D eigenvalue weighted by Crippen LogP contribution is 2.35. The van der Waals surface area contributed by atoms with Crippen LogP contribution in [0, 0.1) is 5.82 Å². The summed E-state index contributed by atoms with van der Waals surface area (Å²) in [6.07, 6.45) is 5.55. The van der Waals surface area contributed by atoms with Gasteiger partial charge in [0, 0.05) is 49.3 Å². The quantitative estimate of drug-likeness (QED) is 0.390. The molecule has 1 aromatic heterocycles. The highest BCUT2D eigenvalue weighted by atomic mass is 35.5. The zero-order chi connectivity index (χ0) is 27.5. The van der Waals surface area contributed by atoms with Crippen LogP contribution < -0.4 is 15.4 Å². The van der Waals surface area contributed by atoms with Gasteiger partial charge in [0.2, 0.25) is 5.91 Å². The number of aromatic nitrogens is 2. The molecule has 3 saturated heterocycles. The number of nitrogens with zero attached hydrogens (tertiary/aromatic N) is 3. The number of hydrogen-bond acceptors (Lipinski definition) is 9. The Morgan fingerprint density at radius 3 is 2.73 bits per heavy atom. The molecule has 4 heterocycles. The van der Waals surface area contributed by atoms with Crippen molar-refractivity contribution < 1.29 is 28.1 Å². The molecule has 6 rings (SSSR count). The third kappa shape index (κ3) is 6.18. The first-order valence-electron chi connectivity index (χ1n) is 13.2. The van der Waals surface area contributed by atoms with E-state index in [2.05, 4.69) is 25.5 Å². The number of anilines is 3. The molecule has 10 nitrogen and oxygen atoms in total. The third-order valence-electron chi connectivity index (χ3n) is 7.03. The molecule has 1 amide bonds. The van der Waals surface area contributed by atoms with Gasteiger partial charge in [0.1, 0.15) is 29.8 Å². The Labute approximate surface area is 235 Å². The van der Waals surface area contributed by atoms with Crippen molar-refractivity contribution >= 4 is 45.6 Å². The highest BCUT2D eigenvalue weighted by Gasteiger charge is 2.35. The molecule has 40 heavy (non-hydrogen) atoms. The van der Waals surface area contributed by atoms with Gasteiger partial charge in [-0.1, -0.05) is 17.7 Å². The first-order valence-corrected chi connectivity index (χ1v) is 13.6. The summed E-state index contributed by atoms with van der Waals surface area (Å²) in [5.74, 6) is 0.138. The Morgan fingerprint density at radius 1 is 1.15 bits per heavy atom. The summed E-state index contributed by atoms with van der Waals surface area (Å²) >= 11 is 5.95. The number of likely N-dealkylation sites (tertiary alicyclic amines) is 1. The van der Waals surface area contributed by atoms with E-state index in [1.54, 1.807) is 18.2 Å². The monoisotopic (exact) mass is 569 g/mol. The van der Waals surface area contributed by atoms with Crippen molar-refractivity contribution in [1.82, 2.24) is 14.9 Å². The molecule has 3 atom stereocenters. The van der Waals surface area contributed by atoms with Crippen molar-refractivity contribution in [1.29, 1.82) is 0 Å². The summed E-state index contributed by atoms with van der Waals surface area (Å²) in [5, 5.41) is 6.73. The van der Waals surface area contributed by atoms with Gasteiger partial charge >= 0.3 is 0 Å². The first kappa shape index (κ1) is 26.9. The second-order valence-corrected chi connectivity index (χ2v) is 10.3. The number of halogens is 2. The van der Waals surface area contributed by atoms with Crippen LogP contribution in [0.25, 0.3) is 10.9 Å². The highest BCUT2D eigenvalue weighted by molar-refractivity contribution is 6.31. The summed E-state index contributed by atoms with van der Waals surface area (Å²) in [4.78, 5) is 23.9. The van der Waals surface area contributed by atoms with Crippen molar-refractivity contribution in [2.45, 2.75) is 24.7 Å². The Kier molecular flexibility index (Phi) is 8.08. The SMILES string of the molecule is O=C(C=CCN1C[C@@H]2OCCO[C@@H]2C1)Nc1cc2c(Nc3ccc(F)c(Cl)c3)ncnc2cc1OC1CCOC1. The standard InChI is InChI=1S/C28H29ClFN5O5/c29-20-10-17(3-4-21(20)30)33-28-19-11-23(24(12-22(19)31-16-32-28)40-18-5-7-37-15-18)34-27(36)2-1-6-35-13-25-26(14-35)39-9-8-38-25/h1-4,10-12,16,18,25-26H,5-9,13-15H2,(H,34,36)(H,31,32,33)/t18?,25-,26+. The predicted octanol–water partition coefficient (Wildman–Crippen LogP) is 3.93. The topological polar surface area (TPSA) is 107 Å². The summed E-state index contributed by atoms with van der Waals surface area (Å²) in [6, 6.07) is 7.85. The molecule has 0 spiro atoms. The Balaban J connectivity index is 1.21. The normalized spacial score (nSPS) is 23.0. The van der Waals surface area contributed by atoms with Gasteiger partial charge in [0.05, 0.1) is 54.9 Å². The van der Waals surface area contributed by atoms with Crippen LogP contribution in [0.5, 0.6) is 5.75 Å². The maximum atomic E-state index is 13.7. The summed E-state index contributed by atoms with van der Waals surface area (Å²) in [5.41, 5.74) is 1.63. The van der Waals surface area contributed by atoms with Crippen LogP contribution in [-0.4, -0.2) is 85.1 Å². The van der Waals surface area contributed by atoms with E-state index < -0.39 is 5.82 Å². The molecule has 0 aliphatic carbocycles. The van der Waals surface area contributed by atoms with E-state index in [1.165, 1.54) is 24.5 Å². The van der Waals surface area contributed by atoms with Crippen LogP contribution in [0.2, 0.25) is 5.02 Å². The lowest BCUT2D eigenvalue weighted by atomic mass is 10.1. The molecule has 2 N–H and O–H groups in total.